The van der Waals surface area contributed by atoms with Crippen molar-refractivity contribution in [2.45, 2.75) is 27.2 Å². The summed E-state index contributed by atoms with van der Waals surface area (Å²) in [7, 11) is 0. The molecule has 0 aliphatic rings. The molecule has 1 rings (SSSR count). The van der Waals surface area contributed by atoms with Crippen molar-refractivity contribution in [1.82, 2.24) is 0 Å². The van der Waals surface area contributed by atoms with E-state index in [0.29, 0.717) is 6.61 Å². The van der Waals surface area contributed by atoms with Crippen LogP contribution in [-0.2, 0) is 6.42 Å². The summed E-state index contributed by atoms with van der Waals surface area (Å²) >= 11 is 6.13. The Kier molecular flexibility index (Phi) is 4.22. The lowest BCUT2D eigenvalue weighted by Crippen LogP contribution is -1.97. The van der Waals surface area contributed by atoms with Crippen LogP contribution >= 0.6 is 11.6 Å². The average Bonchev–Trinajstić information content (AvgIpc) is 2.18. The summed E-state index contributed by atoms with van der Waals surface area (Å²) < 4.78 is 5.53. The number of benzene rings is 1. The molecule has 1 aromatic carbocycles. The lowest BCUT2D eigenvalue weighted by atomic mass is 10.0. The molecular weight excluding hydrogens is 208 g/mol. The molecule has 0 aliphatic carbocycles. The third-order valence-corrected chi connectivity index (χ3v) is 2.64. The van der Waals surface area contributed by atoms with Gasteiger partial charge in [-0.15, -0.1) is 0 Å². The van der Waals surface area contributed by atoms with Crippen molar-refractivity contribution in [3.8, 4) is 5.75 Å². The van der Waals surface area contributed by atoms with E-state index in [1.54, 1.807) is 0 Å². The van der Waals surface area contributed by atoms with Gasteiger partial charge in [-0.25, -0.2) is 0 Å². The number of halogens is 1. The minimum atomic E-state index is 0.641. The second kappa shape index (κ2) is 5.22. The number of hydrogen-bond donors (Lipinski definition) is 0. The first kappa shape index (κ1) is 12.1. The number of allylic oxidation sites excluding steroid dienone is 1. The van der Waals surface area contributed by atoms with Gasteiger partial charge in [0.1, 0.15) is 5.75 Å². The smallest absolute Gasteiger partial charge is 0.128 e. The molecule has 0 saturated carbocycles. The molecule has 0 bridgehead atoms. The lowest BCUT2D eigenvalue weighted by molar-refractivity contribution is 0.339. The van der Waals surface area contributed by atoms with Crippen LogP contribution < -0.4 is 4.74 Å². The fourth-order valence-electron chi connectivity index (χ4n) is 1.48. The van der Waals surface area contributed by atoms with Gasteiger partial charge in [-0.3, -0.25) is 0 Å². The van der Waals surface area contributed by atoms with E-state index in [1.807, 2.05) is 19.9 Å². The van der Waals surface area contributed by atoms with E-state index in [9.17, 15) is 0 Å². The summed E-state index contributed by atoms with van der Waals surface area (Å²) in [5, 5.41) is 0.769. The molecule has 0 N–H and O–H groups in total. The van der Waals surface area contributed by atoms with E-state index in [-0.39, 0.29) is 0 Å². The van der Waals surface area contributed by atoms with E-state index in [0.717, 1.165) is 33.9 Å². The van der Waals surface area contributed by atoms with Crippen LogP contribution in [0.2, 0.25) is 5.02 Å². The quantitative estimate of drug-likeness (QED) is 0.740. The van der Waals surface area contributed by atoms with Gasteiger partial charge in [-0.2, -0.15) is 0 Å². The SMILES string of the molecule is C=C(C)c1cc(CC)c(Cl)cc1OCC. The maximum Gasteiger partial charge on any atom is 0.128 e. The van der Waals surface area contributed by atoms with Crippen molar-refractivity contribution in [2.24, 2.45) is 0 Å². The van der Waals surface area contributed by atoms with E-state index in [2.05, 4.69) is 19.6 Å². The summed E-state index contributed by atoms with van der Waals surface area (Å²) in [5.41, 5.74) is 3.20. The van der Waals surface area contributed by atoms with E-state index in [1.165, 1.54) is 0 Å². The molecule has 0 saturated heterocycles. The van der Waals surface area contributed by atoms with Crippen LogP contribution in [-0.4, -0.2) is 6.61 Å². The van der Waals surface area contributed by atoms with Crippen LogP contribution in [0, 0.1) is 0 Å². The zero-order valence-electron chi connectivity index (χ0n) is 9.56. The molecule has 2 heteroatoms. The molecule has 1 nitrogen and oxygen atoms in total. The Labute approximate surface area is 96.7 Å². The Balaban J connectivity index is 3.25. The fraction of sp³-hybridized carbons (Fsp3) is 0.385. The van der Waals surface area contributed by atoms with Gasteiger partial charge in [0, 0.05) is 10.6 Å². The lowest BCUT2D eigenvalue weighted by Gasteiger charge is -2.13. The topological polar surface area (TPSA) is 9.23 Å². The molecule has 1 aromatic rings. The number of hydrogen-bond acceptors (Lipinski definition) is 1. The van der Waals surface area contributed by atoms with Crippen molar-refractivity contribution in [1.29, 1.82) is 0 Å². The first-order chi connectivity index (χ1) is 7.10. The first-order valence-corrected chi connectivity index (χ1v) is 5.59. The van der Waals surface area contributed by atoms with Crippen molar-refractivity contribution in [3.63, 3.8) is 0 Å². The zero-order chi connectivity index (χ0) is 11.4. The zero-order valence-corrected chi connectivity index (χ0v) is 10.3. The van der Waals surface area contributed by atoms with Crippen molar-refractivity contribution in [2.75, 3.05) is 6.61 Å². The van der Waals surface area contributed by atoms with Crippen LogP contribution in [0.4, 0.5) is 0 Å². The maximum atomic E-state index is 6.13. The molecule has 0 spiro atoms. The van der Waals surface area contributed by atoms with Gasteiger partial charge in [0.25, 0.3) is 0 Å². The van der Waals surface area contributed by atoms with Gasteiger partial charge >= 0.3 is 0 Å². The first-order valence-electron chi connectivity index (χ1n) is 5.21. The van der Waals surface area contributed by atoms with Gasteiger partial charge in [0.2, 0.25) is 0 Å². The number of aryl methyl sites for hydroxylation is 1. The van der Waals surface area contributed by atoms with Gasteiger partial charge in [-0.1, -0.05) is 25.1 Å². The molecule has 0 aromatic heterocycles. The van der Waals surface area contributed by atoms with Crippen LogP contribution in [0.3, 0.4) is 0 Å². The third-order valence-electron chi connectivity index (χ3n) is 2.29. The second-order valence-corrected chi connectivity index (χ2v) is 3.91. The summed E-state index contributed by atoms with van der Waals surface area (Å²) in [5.74, 6) is 0.826. The highest BCUT2D eigenvalue weighted by Crippen LogP contribution is 2.31. The minimum Gasteiger partial charge on any atom is -0.493 e. The number of rotatable bonds is 4. The van der Waals surface area contributed by atoms with E-state index in [4.69, 9.17) is 16.3 Å². The molecule has 0 aliphatic heterocycles. The maximum absolute atomic E-state index is 6.13. The summed E-state index contributed by atoms with van der Waals surface area (Å²) in [6.07, 6.45) is 0.922. The molecule has 82 valence electrons. The predicted molar refractivity (Wildman–Crippen MR) is 66.7 cm³/mol. The highest BCUT2D eigenvalue weighted by molar-refractivity contribution is 6.31. The highest BCUT2D eigenvalue weighted by atomic mass is 35.5. The molecule has 0 unspecified atom stereocenters. The largest absolute Gasteiger partial charge is 0.493 e. The Morgan fingerprint density at radius 3 is 2.53 bits per heavy atom. The van der Waals surface area contributed by atoms with Crippen LogP contribution in [0.15, 0.2) is 18.7 Å². The fourth-order valence-corrected chi connectivity index (χ4v) is 1.77. The predicted octanol–water partition coefficient (Wildman–Crippen LogP) is 4.33. The Morgan fingerprint density at radius 1 is 1.40 bits per heavy atom. The van der Waals surface area contributed by atoms with Crippen molar-refractivity contribution < 1.29 is 4.74 Å². The summed E-state index contributed by atoms with van der Waals surface area (Å²) in [6, 6.07) is 3.95. The van der Waals surface area contributed by atoms with Gasteiger partial charge < -0.3 is 4.74 Å². The molecule has 0 atom stereocenters. The van der Waals surface area contributed by atoms with Crippen LogP contribution in [0.1, 0.15) is 31.9 Å². The summed E-state index contributed by atoms with van der Waals surface area (Å²) in [6.45, 7) is 10.6. The van der Waals surface area contributed by atoms with Gasteiger partial charge in [0.15, 0.2) is 0 Å². The Hall–Kier alpha value is -0.950. The Morgan fingerprint density at radius 2 is 2.07 bits per heavy atom. The Bertz CT molecular complexity index is 369. The van der Waals surface area contributed by atoms with E-state index < -0.39 is 0 Å². The van der Waals surface area contributed by atoms with Crippen LogP contribution in [0.5, 0.6) is 5.75 Å². The molecule has 0 amide bonds. The summed E-state index contributed by atoms with van der Waals surface area (Å²) in [4.78, 5) is 0. The monoisotopic (exact) mass is 224 g/mol. The molecule has 0 radical (unpaired) electrons. The second-order valence-electron chi connectivity index (χ2n) is 3.51. The highest BCUT2D eigenvalue weighted by Gasteiger charge is 2.09. The van der Waals surface area contributed by atoms with E-state index >= 15 is 0 Å². The van der Waals surface area contributed by atoms with Gasteiger partial charge in [0.05, 0.1) is 6.61 Å². The van der Waals surface area contributed by atoms with Gasteiger partial charge in [-0.05, 0) is 43.5 Å². The van der Waals surface area contributed by atoms with Crippen molar-refractivity contribution >= 4 is 17.2 Å². The third kappa shape index (κ3) is 2.75. The standard InChI is InChI=1S/C13H17ClO/c1-5-10-7-11(9(3)4)13(15-6-2)8-12(10)14/h7-8H,3,5-6H2,1-2,4H3. The normalized spacial score (nSPS) is 10.1. The molecule has 15 heavy (non-hydrogen) atoms. The average molecular weight is 225 g/mol. The minimum absolute atomic E-state index is 0.641. The molecular formula is C13H17ClO. The van der Waals surface area contributed by atoms with Crippen molar-refractivity contribution in [3.05, 3.63) is 34.9 Å². The molecule has 0 fully saturated rings. The van der Waals surface area contributed by atoms with Crippen LogP contribution in [0.25, 0.3) is 5.57 Å². The number of ether oxygens (including phenoxy) is 1. The molecule has 0 heterocycles.